The Morgan fingerprint density at radius 3 is 2.96 bits per heavy atom. The zero-order chi connectivity index (χ0) is 16.5. The fraction of sp³-hybridized carbons (Fsp3) is 0.400. The minimum atomic E-state index is 0.273. The van der Waals surface area contributed by atoms with Crippen molar-refractivity contribution in [2.24, 2.45) is 0 Å². The molecule has 3 aromatic heterocycles. The molecule has 0 aliphatic carbocycles. The average Bonchev–Trinajstić information content (AvgIpc) is 3.09. The maximum atomic E-state index is 5.18. The molecule has 0 amide bonds. The van der Waals surface area contributed by atoms with Crippen LogP contribution < -0.4 is 14.5 Å². The van der Waals surface area contributed by atoms with Crippen LogP contribution in [-0.2, 0) is 0 Å². The van der Waals surface area contributed by atoms with Crippen molar-refractivity contribution in [3.05, 3.63) is 30.7 Å². The Kier molecular flexibility index (Phi) is 3.60. The molecule has 1 atom stereocenters. The molecule has 1 saturated heterocycles. The molecule has 1 fully saturated rings. The first-order valence-corrected chi connectivity index (χ1v) is 7.80. The number of rotatable bonds is 3. The molecule has 9 nitrogen and oxygen atoms in total. The first-order chi connectivity index (χ1) is 11.7. The van der Waals surface area contributed by atoms with E-state index in [1.807, 2.05) is 12.1 Å². The van der Waals surface area contributed by atoms with Gasteiger partial charge in [0, 0.05) is 37.9 Å². The molecule has 1 aliphatic rings. The van der Waals surface area contributed by atoms with Gasteiger partial charge in [0.2, 0.25) is 11.8 Å². The van der Waals surface area contributed by atoms with Gasteiger partial charge in [-0.25, -0.2) is 4.98 Å². The van der Waals surface area contributed by atoms with Crippen LogP contribution in [-0.4, -0.2) is 62.6 Å². The Morgan fingerprint density at radius 2 is 2.12 bits per heavy atom. The molecule has 0 radical (unpaired) electrons. The third-order valence-corrected chi connectivity index (χ3v) is 4.18. The Hall–Kier alpha value is -2.97. The van der Waals surface area contributed by atoms with Crippen molar-refractivity contribution in [1.82, 2.24) is 29.8 Å². The maximum Gasteiger partial charge on any atom is 0.228 e. The zero-order valence-electron chi connectivity index (χ0n) is 13.6. The van der Waals surface area contributed by atoms with E-state index in [2.05, 4.69) is 42.0 Å². The third kappa shape index (κ3) is 2.57. The molecule has 24 heavy (non-hydrogen) atoms. The van der Waals surface area contributed by atoms with E-state index in [1.54, 1.807) is 30.2 Å². The number of hydrogen-bond acceptors (Lipinski definition) is 8. The maximum absolute atomic E-state index is 5.18. The summed E-state index contributed by atoms with van der Waals surface area (Å²) >= 11 is 0. The Labute approximate surface area is 138 Å². The van der Waals surface area contributed by atoms with Crippen LogP contribution >= 0.6 is 0 Å². The molecule has 0 aromatic carbocycles. The van der Waals surface area contributed by atoms with Gasteiger partial charge in [0.05, 0.1) is 7.11 Å². The highest BCUT2D eigenvalue weighted by atomic mass is 16.5. The summed E-state index contributed by atoms with van der Waals surface area (Å²) in [4.78, 5) is 13.2. The summed E-state index contributed by atoms with van der Waals surface area (Å²) in [6, 6.07) is 5.94. The summed E-state index contributed by atoms with van der Waals surface area (Å²) in [6.07, 6.45) is 3.34. The van der Waals surface area contributed by atoms with E-state index >= 15 is 0 Å². The van der Waals surface area contributed by atoms with Crippen molar-refractivity contribution < 1.29 is 4.74 Å². The molecule has 124 valence electrons. The van der Waals surface area contributed by atoms with Gasteiger partial charge in [-0.3, -0.25) is 0 Å². The standard InChI is InChI=1S/C15H18N8O/c1-11-9-21(15-16-6-5-14(18-15)24-2)7-8-22(11)13-4-3-12-19-17-10-23(12)20-13/h3-6,10-11H,7-9H2,1-2H3/t11-/m1/s1. The number of aromatic nitrogens is 6. The summed E-state index contributed by atoms with van der Waals surface area (Å²) in [5.74, 6) is 2.19. The highest BCUT2D eigenvalue weighted by Gasteiger charge is 2.26. The van der Waals surface area contributed by atoms with Gasteiger partial charge in [0.15, 0.2) is 5.65 Å². The number of anilines is 2. The van der Waals surface area contributed by atoms with Crippen molar-refractivity contribution in [1.29, 1.82) is 0 Å². The van der Waals surface area contributed by atoms with Gasteiger partial charge in [0.25, 0.3) is 0 Å². The predicted molar refractivity (Wildman–Crippen MR) is 88.4 cm³/mol. The highest BCUT2D eigenvalue weighted by Crippen LogP contribution is 2.21. The summed E-state index contributed by atoms with van der Waals surface area (Å²) in [7, 11) is 1.61. The summed E-state index contributed by atoms with van der Waals surface area (Å²) in [5, 5.41) is 12.4. The second-order valence-corrected chi connectivity index (χ2v) is 5.71. The van der Waals surface area contributed by atoms with Crippen LogP contribution in [0.15, 0.2) is 30.7 Å². The van der Waals surface area contributed by atoms with Crippen LogP contribution in [0.2, 0.25) is 0 Å². The van der Waals surface area contributed by atoms with Crippen molar-refractivity contribution in [2.75, 3.05) is 36.5 Å². The fourth-order valence-corrected chi connectivity index (χ4v) is 2.95. The number of ether oxygens (including phenoxy) is 1. The lowest BCUT2D eigenvalue weighted by molar-refractivity contribution is 0.396. The van der Waals surface area contributed by atoms with Gasteiger partial charge >= 0.3 is 0 Å². The Balaban J connectivity index is 1.53. The molecule has 0 bridgehead atoms. The van der Waals surface area contributed by atoms with Crippen molar-refractivity contribution >= 4 is 17.4 Å². The van der Waals surface area contributed by atoms with E-state index in [4.69, 9.17) is 4.74 Å². The van der Waals surface area contributed by atoms with E-state index in [-0.39, 0.29) is 6.04 Å². The SMILES string of the molecule is COc1ccnc(N2CCN(c3ccc4nncn4n3)[C@H](C)C2)n1. The summed E-state index contributed by atoms with van der Waals surface area (Å²) in [6.45, 7) is 4.64. The fourth-order valence-electron chi connectivity index (χ4n) is 2.95. The molecule has 4 rings (SSSR count). The molecule has 3 aromatic rings. The minimum Gasteiger partial charge on any atom is -0.481 e. The minimum absolute atomic E-state index is 0.273. The average molecular weight is 326 g/mol. The number of nitrogens with zero attached hydrogens (tertiary/aromatic N) is 8. The van der Waals surface area contributed by atoms with Crippen molar-refractivity contribution in [3.63, 3.8) is 0 Å². The van der Waals surface area contributed by atoms with Gasteiger partial charge in [-0.2, -0.15) is 9.50 Å². The van der Waals surface area contributed by atoms with E-state index in [9.17, 15) is 0 Å². The van der Waals surface area contributed by atoms with E-state index in [0.29, 0.717) is 11.8 Å². The summed E-state index contributed by atoms with van der Waals surface area (Å²) < 4.78 is 6.88. The normalized spacial score (nSPS) is 18.2. The monoisotopic (exact) mass is 326 g/mol. The molecule has 9 heteroatoms. The molecule has 0 N–H and O–H groups in total. The number of hydrogen-bond donors (Lipinski definition) is 0. The molecule has 0 saturated carbocycles. The van der Waals surface area contributed by atoms with Gasteiger partial charge in [-0.05, 0) is 19.1 Å². The van der Waals surface area contributed by atoms with Crippen LogP contribution in [0.4, 0.5) is 11.8 Å². The Morgan fingerprint density at radius 1 is 1.21 bits per heavy atom. The zero-order valence-corrected chi connectivity index (χ0v) is 13.6. The van der Waals surface area contributed by atoms with Crippen molar-refractivity contribution in [3.8, 4) is 5.88 Å². The lowest BCUT2D eigenvalue weighted by atomic mass is 10.2. The molecule has 0 unspecified atom stereocenters. The van der Waals surface area contributed by atoms with E-state index in [0.717, 1.165) is 31.1 Å². The van der Waals surface area contributed by atoms with E-state index in [1.165, 1.54) is 0 Å². The lowest BCUT2D eigenvalue weighted by Crippen LogP contribution is -2.53. The topological polar surface area (TPSA) is 84.6 Å². The van der Waals surface area contributed by atoms with Crippen LogP contribution in [0.3, 0.4) is 0 Å². The lowest BCUT2D eigenvalue weighted by Gasteiger charge is -2.40. The van der Waals surface area contributed by atoms with E-state index < -0.39 is 0 Å². The molecular formula is C15H18N8O. The van der Waals surface area contributed by atoms with Crippen LogP contribution in [0.5, 0.6) is 5.88 Å². The second-order valence-electron chi connectivity index (χ2n) is 5.71. The van der Waals surface area contributed by atoms with Crippen LogP contribution in [0.25, 0.3) is 5.65 Å². The second kappa shape index (κ2) is 5.91. The number of fused-ring (bicyclic) bond motifs is 1. The quantitative estimate of drug-likeness (QED) is 0.693. The largest absolute Gasteiger partial charge is 0.481 e. The van der Waals surface area contributed by atoms with Crippen molar-refractivity contribution in [2.45, 2.75) is 13.0 Å². The highest BCUT2D eigenvalue weighted by molar-refractivity contribution is 5.48. The molecule has 4 heterocycles. The molecule has 1 aliphatic heterocycles. The van der Waals surface area contributed by atoms with Gasteiger partial charge < -0.3 is 14.5 Å². The first kappa shape index (κ1) is 14.6. The van der Waals surface area contributed by atoms with Gasteiger partial charge in [-0.1, -0.05) is 0 Å². The molecular weight excluding hydrogens is 308 g/mol. The first-order valence-electron chi connectivity index (χ1n) is 7.80. The van der Waals surface area contributed by atoms with Crippen LogP contribution in [0.1, 0.15) is 6.92 Å². The van der Waals surface area contributed by atoms with Gasteiger partial charge in [-0.15, -0.1) is 15.3 Å². The summed E-state index contributed by atoms with van der Waals surface area (Å²) in [5.41, 5.74) is 0.745. The third-order valence-electron chi connectivity index (χ3n) is 4.18. The number of methoxy groups -OCH3 is 1. The Bertz CT molecular complexity index is 850. The smallest absolute Gasteiger partial charge is 0.228 e. The van der Waals surface area contributed by atoms with Gasteiger partial charge in [0.1, 0.15) is 12.1 Å². The molecule has 0 spiro atoms. The number of piperazine rings is 1. The predicted octanol–water partition coefficient (Wildman–Crippen LogP) is 0.638. The van der Waals surface area contributed by atoms with Crippen LogP contribution in [0, 0.1) is 0 Å².